The van der Waals surface area contributed by atoms with Gasteiger partial charge in [0, 0.05) is 33.3 Å². The molecule has 6 nitrogen and oxygen atoms in total. The second-order valence-corrected chi connectivity index (χ2v) is 15.5. The minimum absolute atomic E-state index is 0.192. The predicted octanol–water partition coefficient (Wildman–Crippen LogP) is 8.86. The number of thioether (sulfide) groups is 2. The number of esters is 2. The van der Waals surface area contributed by atoms with Crippen LogP contribution in [0, 0.1) is 23.7 Å². The average molecular weight is 703 g/mol. The maximum atomic E-state index is 11.6. The molecule has 0 fully saturated rings. The van der Waals surface area contributed by atoms with E-state index in [0.29, 0.717) is 35.7 Å². The van der Waals surface area contributed by atoms with Gasteiger partial charge in [-0.1, -0.05) is 39.5 Å². The number of fused-ring (bicyclic) bond motifs is 2. The van der Waals surface area contributed by atoms with Crippen LogP contribution < -0.4 is 0 Å². The van der Waals surface area contributed by atoms with E-state index in [1.54, 1.807) is 38.1 Å². The molecule has 0 radical (unpaired) electrons. The van der Waals surface area contributed by atoms with E-state index >= 15 is 0 Å². The Bertz CT molecular complexity index is 1830. The van der Waals surface area contributed by atoms with Gasteiger partial charge in [-0.25, -0.2) is 19.6 Å². The number of aromatic nitrogens is 2. The number of nitrogens with zero attached hydrogens (tertiary/aromatic N) is 2. The first kappa shape index (κ1) is 36.8. The molecule has 0 unspecified atom stereocenters. The lowest BCUT2D eigenvalue weighted by Crippen LogP contribution is -2.22. The van der Waals surface area contributed by atoms with Gasteiger partial charge < -0.3 is 9.47 Å². The van der Waals surface area contributed by atoms with E-state index in [2.05, 4.69) is 97.7 Å². The van der Waals surface area contributed by atoms with E-state index in [9.17, 15) is 9.59 Å². The molecule has 0 bridgehead atoms. The molecule has 0 saturated carbocycles. The molecule has 0 N–H and O–H groups in total. The number of benzene rings is 2. The van der Waals surface area contributed by atoms with Gasteiger partial charge in [0.1, 0.15) is 11.4 Å². The zero-order valence-electron chi connectivity index (χ0n) is 29.5. The quantitative estimate of drug-likeness (QED) is 0.154. The summed E-state index contributed by atoms with van der Waals surface area (Å²) < 4.78 is 9.90. The SMILES string of the molecule is CCOC(=O)c1ccc(C#Cc2ccc3c(c2)C(C)(C)CCS3)nc1.CCOC(=O)c1ccc(C#Cc2ccc3c(c2)C(C)(C)CCS3)nc1. The van der Waals surface area contributed by atoms with Gasteiger partial charge >= 0.3 is 11.9 Å². The van der Waals surface area contributed by atoms with Gasteiger partial charge in [-0.05, 0) is 133 Å². The van der Waals surface area contributed by atoms with Crippen LogP contribution in [0.2, 0.25) is 0 Å². The maximum absolute atomic E-state index is 11.6. The Labute approximate surface area is 304 Å². The van der Waals surface area contributed by atoms with Gasteiger partial charge in [-0.2, -0.15) is 0 Å². The number of rotatable bonds is 4. The fourth-order valence-electron chi connectivity index (χ4n) is 5.50. The normalized spacial score (nSPS) is 14.8. The third kappa shape index (κ3) is 9.38. The first-order chi connectivity index (χ1) is 24.0. The van der Waals surface area contributed by atoms with Crippen LogP contribution in [0.4, 0.5) is 0 Å². The summed E-state index contributed by atoms with van der Waals surface area (Å²) in [6, 6.07) is 19.7. The summed E-state index contributed by atoms with van der Waals surface area (Å²) in [6.45, 7) is 13.4. The van der Waals surface area contributed by atoms with Crippen LogP contribution in [0.25, 0.3) is 0 Å². The highest BCUT2D eigenvalue weighted by Crippen LogP contribution is 2.42. The average Bonchev–Trinajstić information content (AvgIpc) is 3.11. The van der Waals surface area contributed by atoms with Crippen molar-refractivity contribution in [3.8, 4) is 23.7 Å². The zero-order valence-corrected chi connectivity index (χ0v) is 31.1. The number of hydrogen-bond acceptors (Lipinski definition) is 8. The Balaban J connectivity index is 0.000000194. The van der Waals surface area contributed by atoms with Crippen LogP contribution in [-0.2, 0) is 20.3 Å². The molecule has 8 heteroatoms. The summed E-state index contributed by atoms with van der Waals surface area (Å²) in [5, 5.41) is 0. The third-order valence-corrected chi connectivity index (χ3v) is 10.8. The summed E-state index contributed by atoms with van der Waals surface area (Å²) >= 11 is 3.84. The lowest BCUT2D eigenvalue weighted by Gasteiger charge is -2.32. The van der Waals surface area contributed by atoms with Crippen molar-refractivity contribution in [3.05, 3.63) is 118 Å². The molecule has 4 aromatic rings. The van der Waals surface area contributed by atoms with Crippen molar-refractivity contribution in [1.29, 1.82) is 0 Å². The van der Waals surface area contributed by atoms with Gasteiger partial charge in [-0.15, -0.1) is 23.5 Å². The summed E-state index contributed by atoms with van der Waals surface area (Å²) in [4.78, 5) is 34.5. The highest BCUT2D eigenvalue weighted by atomic mass is 32.2. The second kappa shape index (κ2) is 16.5. The maximum Gasteiger partial charge on any atom is 0.339 e. The highest BCUT2D eigenvalue weighted by Gasteiger charge is 2.28. The summed E-state index contributed by atoms with van der Waals surface area (Å²) in [6.07, 6.45) is 5.38. The van der Waals surface area contributed by atoms with E-state index in [-0.39, 0.29) is 22.8 Å². The molecule has 2 aromatic carbocycles. The molecule has 2 aliphatic heterocycles. The van der Waals surface area contributed by atoms with E-state index < -0.39 is 0 Å². The summed E-state index contributed by atoms with van der Waals surface area (Å²) in [5.74, 6) is 14.1. The Morgan fingerprint density at radius 1 is 0.640 bits per heavy atom. The molecule has 2 aliphatic rings. The molecule has 0 atom stereocenters. The Morgan fingerprint density at radius 3 is 1.42 bits per heavy atom. The number of carbonyl (C=O) groups is 2. The predicted molar refractivity (Wildman–Crippen MR) is 202 cm³/mol. The van der Waals surface area contributed by atoms with Gasteiger partial charge in [0.05, 0.1) is 24.3 Å². The van der Waals surface area contributed by atoms with Crippen LogP contribution in [0.15, 0.2) is 82.8 Å². The lowest BCUT2D eigenvalue weighted by atomic mass is 9.81. The zero-order chi connectivity index (χ0) is 35.7. The van der Waals surface area contributed by atoms with Gasteiger partial charge in [0.25, 0.3) is 0 Å². The minimum atomic E-state index is -0.357. The van der Waals surface area contributed by atoms with Crippen molar-refractivity contribution in [2.45, 2.75) is 75.0 Å². The monoisotopic (exact) mass is 702 g/mol. The first-order valence-electron chi connectivity index (χ1n) is 16.8. The molecular weight excluding hydrogens is 661 g/mol. The molecule has 50 heavy (non-hydrogen) atoms. The first-order valence-corrected chi connectivity index (χ1v) is 18.8. The number of pyridine rings is 2. The molecular formula is C42H42N2O4S2. The standard InChI is InChI=1S/2C21H21NO2S/c2*1-4-24-20(23)16-7-9-17(22-14-16)8-5-15-6-10-19-18(13-15)21(2,3)11-12-25-19/h2*6-7,9-10,13-14H,4,11-12H2,1-3H3. The van der Waals surface area contributed by atoms with Crippen molar-refractivity contribution in [3.63, 3.8) is 0 Å². The molecule has 6 rings (SSSR count). The van der Waals surface area contributed by atoms with Crippen LogP contribution in [0.5, 0.6) is 0 Å². The summed E-state index contributed by atoms with van der Waals surface area (Å²) in [7, 11) is 0. The van der Waals surface area contributed by atoms with Crippen molar-refractivity contribution in [1.82, 2.24) is 9.97 Å². The molecule has 4 heterocycles. The second-order valence-electron chi connectivity index (χ2n) is 13.2. The fraction of sp³-hybridized carbons (Fsp3) is 0.333. The topological polar surface area (TPSA) is 78.4 Å². The van der Waals surface area contributed by atoms with Crippen LogP contribution in [0.3, 0.4) is 0 Å². The van der Waals surface area contributed by atoms with Gasteiger partial charge in [0.15, 0.2) is 0 Å². The lowest BCUT2D eigenvalue weighted by molar-refractivity contribution is 0.0516. The largest absolute Gasteiger partial charge is 0.462 e. The van der Waals surface area contributed by atoms with E-state index in [1.807, 2.05) is 23.5 Å². The minimum Gasteiger partial charge on any atom is -0.462 e. The molecule has 0 saturated heterocycles. The van der Waals surface area contributed by atoms with Crippen molar-refractivity contribution in [2.24, 2.45) is 0 Å². The van der Waals surface area contributed by atoms with E-state index in [1.165, 1.54) is 57.7 Å². The van der Waals surface area contributed by atoms with Gasteiger partial charge in [-0.3, -0.25) is 0 Å². The third-order valence-electron chi connectivity index (χ3n) is 8.61. The number of hydrogen-bond donors (Lipinski definition) is 0. The molecule has 2 aromatic heterocycles. The molecule has 256 valence electrons. The van der Waals surface area contributed by atoms with Gasteiger partial charge in [0.2, 0.25) is 0 Å². The van der Waals surface area contributed by atoms with E-state index in [0.717, 1.165) is 11.1 Å². The Morgan fingerprint density at radius 2 is 1.06 bits per heavy atom. The summed E-state index contributed by atoms with van der Waals surface area (Å²) in [5.41, 5.74) is 7.28. The smallest absolute Gasteiger partial charge is 0.339 e. The van der Waals surface area contributed by atoms with Crippen molar-refractivity contribution in [2.75, 3.05) is 24.7 Å². The number of carbonyl (C=O) groups excluding carboxylic acids is 2. The highest BCUT2D eigenvalue weighted by molar-refractivity contribution is 7.99. The number of ether oxygens (including phenoxy) is 2. The van der Waals surface area contributed by atoms with Crippen LogP contribution in [0.1, 0.15) is 109 Å². The van der Waals surface area contributed by atoms with Crippen molar-refractivity contribution < 1.29 is 19.1 Å². The molecule has 0 aliphatic carbocycles. The Hall–Kier alpha value is -4.50. The van der Waals surface area contributed by atoms with E-state index in [4.69, 9.17) is 9.47 Å². The Kier molecular flexibility index (Phi) is 12.1. The van der Waals surface area contributed by atoms with Crippen LogP contribution in [-0.4, -0.2) is 46.6 Å². The fourth-order valence-corrected chi connectivity index (χ4v) is 8.48. The van der Waals surface area contributed by atoms with Crippen LogP contribution >= 0.6 is 23.5 Å². The molecule has 0 amide bonds. The molecule has 0 spiro atoms. The van der Waals surface area contributed by atoms with Crippen molar-refractivity contribution >= 4 is 35.5 Å².